The number of oxazole rings is 1. The molecule has 0 bridgehead atoms. The Balaban J connectivity index is 1.63. The molecule has 0 fully saturated rings. The molecular formula is C24H19ClN2O3S. The quantitative estimate of drug-likeness (QED) is 0.417. The van der Waals surface area contributed by atoms with Gasteiger partial charge in [-0.05, 0) is 53.9 Å². The van der Waals surface area contributed by atoms with E-state index in [2.05, 4.69) is 17.1 Å². The van der Waals surface area contributed by atoms with Crippen LogP contribution < -0.4 is 4.90 Å². The van der Waals surface area contributed by atoms with Gasteiger partial charge in [-0.25, -0.2) is 8.42 Å². The number of fused-ring (bicyclic) bond motifs is 1. The minimum absolute atomic E-state index is 0.0666. The molecule has 1 aliphatic heterocycles. The summed E-state index contributed by atoms with van der Waals surface area (Å²) in [7, 11) is -3.86. The Morgan fingerprint density at radius 1 is 0.871 bits per heavy atom. The number of rotatable bonds is 4. The predicted molar refractivity (Wildman–Crippen MR) is 120 cm³/mol. The lowest BCUT2D eigenvalue weighted by Crippen LogP contribution is -2.31. The fraction of sp³-hybridized carbons (Fsp3) is 0.125. The highest BCUT2D eigenvalue weighted by molar-refractivity contribution is 7.91. The van der Waals surface area contributed by atoms with Crippen molar-refractivity contribution in [1.82, 2.24) is 4.98 Å². The average Bonchev–Trinajstić information content (AvgIpc) is 3.26. The van der Waals surface area contributed by atoms with E-state index in [9.17, 15) is 8.42 Å². The zero-order chi connectivity index (χ0) is 21.4. The van der Waals surface area contributed by atoms with Gasteiger partial charge in [0.25, 0.3) is 0 Å². The van der Waals surface area contributed by atoms with Gasteiger partial charge in [-0.2, -0.15) is 4.98 Å². The summed E-state index contributed by atoms with van der Waals surface area (Å²) in [6.07, 6.45) is 0.804. The van der Waals surface area contributed by atoms with Gasteiger partial charge in [0.1, 0.15) is 0 Å². The molecule has 0 amide bonds. The first kappa shape index (κ1) is 19.8. The number of benzene rings is 3. The standard InChI is InChI=1S/C24H19ClN2O3S/c25-20-12-10-18(11-13-20)22-26-23(31(28,29)21-8-2-1-3-9-21)24(30-22)27-15-14-17-6-4-5-7-19(17)16-27/h1-13H,14-16H2. The summed E-state index contributed by atoms with van der Waals surface area (Å²) in [5.41, 5.74) is 3.09. The molecule has 0 N–H and O–H groups in total. The van der Waals surface area contributed by atoms with E-state index in [0.717, 1.165) is 12.0 Å². The van der Waals surface area contributed by atoms with Gasteiger partial charge in [-0.15, -0.1) is 0 Å². The van der Waals surface area contributed by atoms with E-state index in [1.165, 1.54) is 5.56 Å². The highest BCUT2D eigenvalue weighted by Gasteiger charge is 2.32. The van der Waals surface area contributed by atoms with E-state index < -0.39 is 9.84 Å². The monoisotopic (exact) mass is 450 g/mol. The van der Waals surface area contributed by atoms with Crippen LogP contribution in [0.4, 0.5) is 5.88 Å². The van der Waals surface area contributed by atoms with E-state index in [1.807, 2.05) is 17.0 Å². The van der Waals surface area contributed by atoms with Crippen molar-refractivity contribution in [3.63, 3.8) is 0 Å². The molecular weight excluding hydrogens is 432 g/mol. The van der Waals surface area contributed by atoms with E-state index in [4.69, 9.17) is 16.0 Å². The van der Waals surface area contributed by atoms with Crippen LogP contribution in [-0.2, 0) is 22.8 Å². The number of hydrogen-bond donors (Lipinski definition) is 0. The van der Waals surface area contributed by atoms with E-state index in [-0.39, 0.29) is 21.7 Å². The third kappa shape index (κ3) is 3.73. The average molecular weight is 451 g/mol. The minimum Gasteiger partial charge on any atom is -0.419 e. The van der Waals surface area contributed by atoms with Crippen LogP contribution in [0.2, 0.25) is 5.02 Å². The molecule has 156 valence electrons. The molecule has 7 heteroatoms. The summed E-state index contributed by atoms with van der Waals surface area (Å²) >= 11 is 6.00. The first-order valence-corrected chi connectivity index (χ1v) is 11.8. The van der Waals surface area contributed by atoms with Crippen molar-refractivity contribution in [3.8, 4) is 11.5 Å². The Kier molecular flexibility index (Phi) is 5.04. The van der Waals surface area contributed by atoms with Crippen LogP contribution >= 0.6 is 11.6 Å². The molecule has 0 saturated carbocycles. The first-order chi connectivity index (χ1) is 15.0. The molecule has 1 aliphatic rings. The molecule has 0 radical (unpaired) electrons. The zero-order valence-electron chi connectivity index (χ0n) is 16.5. The molecule has 0 aliphatic carbocycles. The first-order valence-electron chi connectivity index (χ1n) is 9.91. The minimum atomic E-state index is -3.86. The second-order valence-electron chi connectivity index (χ2n) is 7.39. The van der Waals surface area contributed by atoms with Crippen LogP contribution in [-0.4, -0.2) is 19.9 Å². The Morgan fingerprint density at radius 3 is 2.29 bits per heavy atom. The number of nitrogens with zero attached hydrogens (tertiary/aromatic N) is 2. The maximum atomic E-state index is 13.5. The van der Waals surface area contributed by atoms with Gasteiger partial charge < -0.3 is 9.32 Å². The Hall–Kier alpha value is -3.09. The SMILES string of the molecule is O=S(=O)(c1ccccc1)c1nc(-c2ccc(Cl)cc2)oc1N1CCc2ccccc2C1. The maximum absolute atomic E-state index is 13.5. The van der Waals surface area contributed by atoms with Crippen LogP contribution in [0.1, 0.15) is 11.1 Å². The molecule has 1 aromatic heterocycles. The number of aromatic nitrogens is 1. The fourth-order valence-corrected chi connectivity index (χ4v) is 5.24. The normalized spacial score (nSPS) is 13.8. The van der Waals surface area contributed by atoms with Crippen LogP contribution in [0, 0.1) is 0 Å². The van der Waals surface area contributed by atoms with Crippen LogP contribution in [0.25, 0.3) is 11.5 Å². The predicted octanol–water partition coefficient (Wildman–Crippen LogP) is 5.39. The zero-order valence-corrected chi connectivity index (χ0v) is 18.1. The van der Waals surface area contributed by atoms with E-state index >= 15 is 0 Å². The van der Waals surface area contributed by atoms with Crippen molar-refractivity contribution < 1.29 is 12.8 Å². The number of anilines is 1. The molecule has 0 atom stereocenters. The number of halogens is 1. The second-order valence-corrected chi connectivity index (χ2v) is 9.69. The highest BCUT2D eigenvalue weighted by Crippen LogP contribution is 2.37. The Labute approximate surface area is 185 Å². The third-order valence-electron chi connectivity index (χ3n) is 5.40. The molecule has 4 aromatic rings. The van der Waals surface area contributed by atoms with Gasteiger partial charge in [0.05, 0.1) is 4.90 Å². The van der Waals surface area contributed by atoms with E-state index in [0.29, 0.717) is 23.7 Å². The summed E-state index contributed by atoms with van der Waals surface area (Å²) < 4.78 is 33.0. The largest absolute Gasteiger partial charge is 0.419 e. The number of hydrogen-bond acceptors (Lipinski definition) is 5. The molecule has 5 nitrogen and oxygen atoms in total. The maximum Gasteiger partial charge on any atom is 0.236 e. The highest BCUT2D eigenvalue weighted by atomic mass is 35.5. The van der Waals surface area contributed by atoms with Crippen molar-refractivity contribution in [3.05, 3.63) is 95.0 Å². The van der Waals surface area contributed by atoms with Gasteiger partial charge in [0, 0.05) is 23.7 Å². The molecule has 0 spiro atoms. The Bertz CT molecular complexity index is 1330. The Morgan fingerprint density at radius 2 is 1.55 bits per heavy atom. The summed E-state index contributed by atoms with van der Waals surface area (Å²) in [5.74, 6) is 0.517. The van der Waals surface area contributed by atoms with Crippen LogP contribution in [0.3, 0.4) is 0 Å². The van der Waals surface area contributed by atoms with Crippen molar-refractivity contribution in [2.24, 2.45) is 0 Å². The lowest BCUT2D eigenvalue weighted by atomic mass is 10.0. The van der Waals surface area contributed by atoms with Crippen LogP contribution in [0.15, 0.2) is 93.2 Å². The smallest absolute Gasteiger partial charge is 0.236 e. The van der Waals surface area contributed by atoms with Crippen molar-refractivity contribution in [1.29, 1.82) is 0 Å². The second kappa shape index (κ2) is 7.87. The van der Waals surface area contributed by atoms with Gasteiger partial charge in [-0.3, -0.25) is 0 Å². The third-order valence-corrected chi connectivity index (χ3v) is 7.32. The molecule has 5 rings (SSSR count). The fourth-order valence-electron chi connectivity index (χ4n) is 3.77. The lowest BCUT2D eigenvalue weighted by Gasteiger charge is -2.28. The summed E-state index contributed by atoms with van der Waals surface area (Å²) in [4.78, 5) is 6.58. The summed E-state index contributed by atoms with van der Waals surface area (Å²) in [5, 5.41) is 0.517. The van der Waals surface area contributed by atoms with Gasteiger partial charge in [0.2, 0.25) is 26.6 Å². The van der Waals surface area contributed by atoms with Gasteiger partial charge in [0.15, 0.2) is 0 Å². The molecule has 31 heavy (non-hydrogen) atoms. The van der Waals surface area contributed by atoms with Gasteiger partial charge >= 0.3 is 0 Å². The summed E-state index contributed by atoms with van der Waals surface area (Å²) in [6.45, 7) is 1.20. The molecule has 3 aromatic carbocycles. The number of sulfone groups is 1. The summed E-state index contributed by atoms with van der Waals surface area (Å²) in [6, 6.07) is 23.5. The molecule has 0 saturated heterocycles. The van der Waals surface area contributed by atoms with Gasteiger partial charge in [-0.1, -0.05) is 54.1 Å². The molecule has 0 unspecified atom stereocenters. The topological polar surface area (TPSA) is 63.4 Å². The molecule has 2 heterocycles. The van der Waals surface area contributed by atoms with Crippen molar-refractivity contribution in [2.75, 3.05) is 11.4 Å². The van der Waals surface area contributed by atoms with Crippen molar-refractivity contribution in [2.45, 2.75) is 22.9 Å². The van der Waals surface area contributed by atoms with Crippen molar-refractivity contribution >= 4 is 27.3 Å². The van der Waals surface area contributed by atoms with Crippen LogP contribution in [0.5, 0.6) is 0 Å². The lowest BCUT2D eigenvalue weighted by molar-refractivity contribution is 0.533. The van der Waals surface area contributed by atoms with E-state index in [1.54, 1.807) is 54.6 Å².